The first kappa shape index (κ1) is 32.8. The first-order valence-corrected chi connectivity index (χ1v) is 16.6. The van der Waals surface area contributed by atoms with E-state index in [4.69, 9.17) is 4.74 Å². The Morgan fingerprint density at radius 2 is 1.19 bits per heavy atom. The first-order chi connectivity index (χ1) is 14.9. The summed E-state index contributed by atoms with van der Waals surface area (Å²) in [4.78, 5) is 11.3. The van der Waals surface area contributed by atoms with E-state index in [0.717, 1.165) is 19.0 Å². The Hall–Kier alpha value is -0.330. The Morgan fingerprint density at radius 3 is 1.65 bits per heavy atom. The van der Waals surface area contributed by atoms with Crippen molar-refractivity contribution in [1.82, 2.24) is 0 Å². The van der Waals surface area contributed by atoms with Crippen molar-refractivity contribution in [3.8, 4) is 0 Å². The SMILES string of the molecule is CCCCC(CC)COC(=O)CC[P+](C)=O.CCCCCCCCCCCC[P+](C)=O. The van der Waals surface area contributed by atoms with Crippen molar-refractivity contribution >= 4 is 21.6 Å². The molecule has 31 heavy (non-hydrogen) atoms. The van der Waals surface area contributed by atoms with Gasteiger partial charge in [-0.15, -0.1) is 0 Å². The van der Waals surface area contributed by atoms with Crippen molar-refractivity contribution < 1.29 is 18.7 Å². The molecule has 0 aromatic carbocycles. The van der Waals surface area contributed by atoms with Crippen LogP contribution in [-0.4, -0.2) is 38.2 Å². The minimum atomic E-state index is -1.22. The summed E-state index contributed by atoms with van der Waals surface area (Å²) >= 11 is 0. The Labute approximate surface area is 195 Å². The Kier molecular flexibility index (Phi) is 27.5. The smallest absolute Gasteiger partial charge is 0.336 e. The number of hydrogen-bond acceptors (Lipinski definition) is 4. The molecule has 0 spiro atoms. The molecule has 0 amide bonds. The summed E-state index contributed by atoms with van der Waals surface area (Å²) in [5.74, 6) is 0.277. The van der Waals surface area contributed by atoms with Crippen LogP contribution in [0.25, 0.3) is 0 Å². The van der Waals surface area contributed by atoms with Gasteiger partial charge in [0.1, 0.15) is 19.5 Å². The molecule has 0 fully saturated rings. The standard InChI is InChI=1S/C13H28OP.C12H24O3P/c1-3-4-5-6-7-8-9-10-11-12-13-15(2)14;1-4-6-7-11(5-2)10-15-12(13)8-9-16(3)14/h3-13H2,1-2H3;11H,4-10H2,1-3H3/q2*+1. The largest absolute Gasteiger partial charge is 0.465 e. The lowest BCUT2D eigenvalue weighted by molar-refractivity contribution is -0.144. The Morgan fingerprint density at radius 1 is 0.710 bits per heavy atom. The van der Waals surface area contributed by atoms with Gasteiger partial charge in [-0.3, -0.25) is 4.79 Å². The van der Waals surface area contributed by atoms with Gasteiger partial charge >= 0.3 is 21.6 Å². The van der Waals surface area contributed by atoms with Gasteiger partial charge in [-0.2, -0.15) is 0 Å². The van der Waals surface area contributed by atoms with Crippen molar-refractivity contribution in [3.63, 3.8) is 0 Å². The third-order valence-electron chi connectivity index (χ3n) is 5.48. The molecule has 3 unspecified atom stereocenters. The van der Waals surface area contributed by atoms with Gasteiger partial charge in [-0.1, -0.05) is 101 Å². The highest BCUT2D eigenvalue weighted by molar-refractivity contribution is 7.43. The van der Waals surface area contributed by atoms with Crippen LogP contribution in [0.4, 0.5) is 0 Å². The normalized spacial score (nSPS) is 12.5. The monoisotopic (exact) mass is 478 g/mol. The molecule has 4 nitrogen and oxygen atoms in total. The topological polar surface area (TPSA) is 60.4 Å². The highest BCUT2D eigenvalue weighted by Gasteiger charge is 2.14. The number of ether oxygens (including phenoxy) is 1. The lowest BCUT2D eigenvalue weighted by atomic mass is 10.0. The van der Waals surface area contributed by atoms with Crippen LogP contribution in [0.1, 0.15) is 117 Å². The van der Waals surface area contributed by atoms with E-state index >= 15 is 0 Å². The number of unbranched alkanes of at least 4 members (excludes halogenated alkanes) is 10. The summed E-state index contributed by atoms with van der Waals surface area (Å²) in [6.07, 6.45) is 19.8. The fourth-order valence-corrected chi connectivity index (χ4v) is 4.42. The zero-order valence-electron chi connectivity index (χ0n) is 21.3. The summed E-state index contributed by atoms with van der Waals surface area (Å²) in [7, 11) is -2.11. The summed E-state index contributed by atoms with van der Waals surface area (Å²) in [6, 6.07) is 0. The van der Waals surface area contributed by atoms with Gasteiger partial charge in [0.2, 0.25) is 0 Å². The third kappa shape index (κ3) is 29.7. The average molecular weight is 479 g/mol. The van der Waals surface area contributed by atoms with Gasteiger partial charge in [0.25, 0.3) is 0 Å². The van der Waals surface area contributed by atoms with Crippen molar-refractivity contribution in [3.05, 3.63) is 0 Å². The number of carbonyl (C=O) groups is 1. The van der Waals surface area contributed by atoms with Crippen LogP contribution >= 0.6 is 15.6 Å². The van der Waals surface area contributed by atoms with Gasteiger partial charge in [0.05, 0.1) is 13.0 Å². The maximum absolute atomic E-state index is 11.3. The second-order valence-electron chi connectivity index (χ2n) is 8.73. The van der Waals surface area contributed by atoms with Crippen LogP contribution in [0.5, 0.6) is 0 Å². The summed E-state index contributed by atoms with van der Waals surface area (Å²) < 4.78 is 26.8. The van der Waals surface area contributed by atoms with Crippen LogP contribution in [0, 0.1) is 5.92 Å². The van der Waals surface area contributed by atoms with Crippen molar-refractivity contribution in [1.29, 1.82) is 0 Å². The number of rotatable bonds is 20. The van der Waals surface area contributed by atoms with Gasteiger partial charge < -0.3 is 4.74 Å². The predicted octanol–water partition coefficient (Wildman–Crippen LogP) is 8.96. The molecule has 0 aromatic rings. The van der Waals surface area contributed by atoms with Crippen LogP contribution in [0.3, 0.4) is 0 Å². The van der Waals surface area contributed by atoms with E-state index in [9.17, 15) is 13.9 Å². The van der Waals surface area contributed by atoms with Crippen molar-refractivity contribution in [2.45, 2.75) is 117 Å². The summed E-state index contributed by atoms with van der Waals surface area (Å²) in [5.41, 5.74) is 0. The molecule has 0 aromatic heterocycles. The van der Waals surface area contributed by atoms with Gasteiger partial charge in [0.15, 0.2) is 6.16 Å². The minimum absolute atomic E-state index is 0.208. The molecule has 0 saturated carbocycles. The molecular formula is C25H52O4P2+2. The zero-order valence-corrected chi connectivity index (χ0v) is 23.1. The second kappa shape index (κ2) is 25.9. The van der Waals surface area contributed by atoms with E-state index in [1.54, 1.807) is 6.66 Å². The third-order valence-corrected chi connectivity index (χ3v) is 7.28. The van der Waals surface area contributed by atoms with E-state index in [0.29, 0.717) is 18.7 Å². The molecule has 0 aliphatic carbocycles. The van der Waals surface area contributed by atoms with Gasteiger partial charge in [0, 0.05) is 0 Å². The number of hydrogen-bond donors (Lipinski definition) is 0. The van der Waals surface area contributed by atoms with Crippen LogP contribution in [0.2, 0.25) is 0 Å². The fourth-order valence-electron chi connectivity index (χ4n) is 3.25. The molecule has 0 saturated heterocycles. The molecule has 0 N–H and O–H groups in total. The van der Waals surface area contributed by atoms with E-state index in [2.05, 4.69) is 20.8 Å². The molecule has 6 heteroatoms. The minimum Gasteiger partial charge on any atom is -0.465 e. The quantitative estimate of drug-likeness (QED) is 0.0995. The molecule has 0 bridgehead atoms. The van der Waals surface area contributed by atoms with Crippen LogP contribution in [0.15, 0.2) is 0 Å². The van der Waals surface area contributed by atoms with E-state index in [1.807, 2.05) is 6.66 Å². The van der Waals surface area contributed by atoms with E-state index in [1.165, 1.54) is 77.0 Å². The molecule has 3 atom stereocenters. The first-order valence-electron chi connectivity index (χ1n) is 12.8. The average Bonchev–Trinajstić information content (AvgIpc) is 2.74. The molecule has 0 rings (SSSR count). The van der Waals surface area contributed by atoms with Crippen molar-refractivity contribution in [2.75, 3.05) is 32.3 Å². The Balaban J connectivity index is 0. The van der Waals surface area contributed by atoms with Crippen LogP contribution in [-0.2, 0) is 18.7 Å². The lowest BCUT2D eigenvalue weighted by Gasteiger charge is -2.13. The molecule has 0 radical (unpaired) electrons. The number of carbonyl (C=O) groups excluding carboxylic acids is 1. The van der Waals surface area contributed by atoms with Gasteiger partial charge in [-0.25, -0.2) is 0 Å². The molecular weight excluding hydrogens is 426 g/mol. The van der Waals surface area contributed by atoms with Crippen LogP contribution < -0.4 is 0 Å². The highest BCUT2D eigenvalue weighted by atomic mass is 31.1. The maximum Gasteiger partial charge on any atom is 0.336 e. The lowest BCUT2D eigenvalue weighted by Crippen LogP contribution is -2.14. The van der Waals surface area contributed by atoms with Crippen molar-refractivity contribution in [2.24, 2.45) is 5.92 Å². The highest BCUT2D eigenvalue weighted by Crippen LogP contribution is 2.18. The summed E-state index contributed by atoms with van der Waals surface area (Å²) in [6.45, 7) is 10.5. The molecule has 0 aliphatic rings. The van der Waals surface area contributed by atoms with Gasteiger partial charge in [-0.05, 0) is 25.2 Å². The molecule has 0 heterocycles. The zero-order chi connectivity index (χ0) is 23.7. The van der Waals surface area contributed by atoms with E-state index in [-0.39, 0.29) is 12.4 Å². The second-order valence-corrected chi connectivity index (χ2v) is 12.1. The number of esters is 1. The Bertz CT molecular complexity index is 441. The maximum atomic E-state index is 11.3. The molecule has 0 aliphatic heterocycles. The fraction of sp³-hybridized carbons (Fsp3) is 0.960. The molecule has 184 valence electrons. The van der Waals surface area contributed by atoms with E-state index < -0.39 is 15.6 Å². The summed E-state index contributed by atoms with van der Waals surface area (Å²) in [5, 5.41) is 0. The predicted molar refractivity (Wildman–Crippen MR) is 138 cm³/mol.